The first kappa shape index (κ1) is 14.9. The van der Waals surface area contributed by atoms with Crippen molar-refractivity contribution in [3.8, 4) is 0 Å². The number of carbonyl (C=O) groups is 3. The van der Waals surface area contributed by atoms with Gasteiger partial charge in [0.1, 0.15) is 6.54 Å². The van der Waals surface area contributed by atoms with E-state index in [1.165, 1.54) is 24.0 Å². The maximum atomic E-state index is 12.2. The number of amides is 1. The Morgan fingerprint density at radius 2 is 1.58 bits per heavy atom. The van der Waals surface area contributed by atoms with Crippen molar-refractivity contribution in [2.45, 2.75) is 26.8 Å². The van der Waals surface area contributed by atoms with Gasteiger partial charge < -0.3 is 10.0 Å². The molecule has 19 heavy (non-hydrogen) atoms. The van der Waals surface area contributed by atoms with E-state index in [2.05, 4.69) is 0 Å². The second-order valence-electron chi connectivity index (χ2n) is 4.55. The SMILES string of the molecule is CC(=O)c1ccc(C(=O)N(CC(=O)O)C(C)C)cc1. The highest BCUT2D eigenvalue weighted by Crippen LogP contribution is 2.10. The average Bonchev–Trinajstić information content (AvgIpc) is 2.34. The van der Waals surface area contributed by atoms with Crippen molar-refractivity contribution in [1.29, 1.82) is 0 Å². The zero-order valence-corrected chi connectivity index (χ0v) is 11.2. The molecule has 1 amide bonds. The normalized spacial score (nSPS) is 10.3. The standard InChI is InChI=1S/C14H17NO4/c1-9(2)15(8-13(17)18)14(19)12-6-4-11(5-7-12)10(3)16/h4-7,9H,8H2,1-3H3,(H,17,18). The fourth-order valence-electron chi connectivity index (χ4n) is 1.65. The lowest BCUT2D eigenvalue weighted by Crippen LogP contribution is -2.40. The Balaban J connectivity index is 2.96. The number of rotatable bonds is 5. The number of nitrogens with zero attached hydrogens (tertiary/aromatic N) is 1. The fourth-order valence-corrected chi connectivity index (χ4v) is 1.65. The highest BCUT2D eigenvalue weighted by atomic mass is 16.4. The summed E-state index contributed by atoms with van der Waals surface area (Å²) in [6.45, 7) is 4.61. The molecule has 0 aliphatic carbocycles. The Labute approximate surface area is 111 Å². The van der Waals surface area contributed by atoms with E-state index in [0.717, 1.165) is 0 Å². The van der Waals surface area contributed by atoms with Crippen LogP contribution in [0.1, 0.15) is 41.5 Å². The second kappa shape index (κ2) is 6.13. The van der Waals surface area contributed by atoms with E-state index in [0.29, 0.717) is 11.1 Å². The molecule has 0 radical (unpaired) electrons. The predicted octanol–water partition coefficient (Wildman–Crippen LogP) is 1.82. The van der Waals surface area contributed by atoms with Gasteiger partial charge in [0.25, 0.3) is 5.91 Å². The summed E-state index contributed by atoms with van der Waals surface area (Å²) in [5, 5.41) is 8.81. The van der Waals surface area contributed by atoms with Crippen LogP contribution in [0.3, 0.4) is 0 Å². The second-order valence-corrected chi connectivity index (χ2v) is 4.55. The van der Waals surface area contributed by atoms with Crippen LogP contribution < -0.4 is 0 Å². The third-order valence-corrected chi connectivity index (χ3v) is 2.73. The van der Waals surface area contributed by atoms with E-state index in [9.17, 15) is 14.4 Å². The number of benzene rings is 1. The van der Waals surface area contributed by atoms with Gasteiger partial charge in [-0.1, -0.05) is 12.1 Å². The number of carboxylic acids is 1. The van der Waals surface area contributed by atoms with E-state index < -0.39 is 5.97 Å². The van der Waals surface area contributed by atoms with E-state index in [1.807, 2.05) is 0 Å². The lowest BCUT2D eigenvalue weighted by Gasteiger charge is -2.24. The molecule has 0 bridgehead atoms. The van der Waals surface area contributed by atoms with Crippen LogP contribution in [0.25, 0.3) is 0 Å². The molecule has 0 aromatic heterocycles. The van der Waals surface area contributed by atoms with Crippen molar-refractivity contribution >= 4 is 17.7 Å². The summed E-state index contributed by atoms with van der Waals surface area (Å²) in [5.74, 6) is -1.49. The Hall–Kier alpha value is -2.17. The van der Waals surface area contributed by atoms with Crippen LogP contribution in [0.5, 0.6) is 0 Å². The van der Waals surface area contributed by atoms with Crippen molar-refractivity contribution in [2.24, 2.45) is 0 Å². The maximum Gasteiger partial charge on any atom is 0.323 e. The maximum absolute atomic E-state index is 12.2. The molecular formula is C14H17NO4. The van der Waals surface area contributed by atoms with Crippen LogP contribution in [0.2, 0.25) is 0 Å². The summed E-state index contributed by atoms with van der Waals surface area (Å²) in [6, 6.07) is 5.99. The van der Waals surface area contributed by atoms with Crippen molar-refractivity contribution < 1.29 is 19.5 Å². The highest BCUT2D eigenvalue weighted by molar-refractivity contribution is 5.98. The van der Waals surface area contributed by atoms with Gasteiger partial charge in [-0.05, 0) is 32.9 Å². The van der Waals surface area contributed by atoms with Crippen molar-refractivity contribution in [2.75, 3.05) is 6.54 Å². The molecular weight excluding hydrogens is 246 g/mol. The molecule has 5 heteroatoms. The number of Topliss-reactive ketones (excluding diaryl/α,β-unsaturated/α-hetero) is 1. The molecule has 1 aromatic rings. The first-order valence-corrected chi connectivity index (χ1v) is 5.96. The molecule has 0 saturated carbocycles. The smallest absolute Gasteiger partial charge is 0.323 e. The predicted molar refractivity (Wildman–Crippen MR) is 70.3 cm³/mol. The van der Waals surface area contributed by atoms with Gasteiger partial charge in [0.05, 0.1) is 0 Å². The number of hydrogen-bond donors (Lipinski definition) is 1. The minimum Gasteiger partial charge on any atom is -0.480 e. The van der Waals surface area contributed by atoms with Crippen LogP contribution in [-0.4, -0.2) is 40.3 Å². The lowest BCUT2D eigenvalue weighted by molar-refractivity contribution is -0.138. The molecule has 0 aliphatic heterocycles. The summed E-state index contributed by atoms with van der Waals surface area (Å²) in [7, 11) is 0. The molecule has 1 N–H and O–H groups in total. The van der Waals surface area contributed by atoms with Crippen molar-refractivity contribution in [1.82, 2.24) is 4.90 Å². The quantitative estimate of drug-likeness (QED) is 0.822. The number of carboxylic acid groups (broad SMARTS) is 1. The van der Waals surface area contributed by atoms with E-state index in [-0.39, 0.29) is 24.3 Å². The minimum absolute atomic E-state index is 0.0785. The van der Waals surface area contributed by atoms with Gasteiger partial charge in [0.2, 0.25) is 0 Å². The average molecular weight is 263 g/mol. The van der Waals surface area contributed by atoms with Crippen molar-refractivity contribution in [3.63, 3.8) is 0 Å². The first-order valence-electron chi connectivity index (χ1n) is 5.96. The first-order chi connectivity index (χ1) is 8.82. The van der Waals surface area contributed by atoms with Gasteiger partial charge in [-0.3, -0.25) is 14.4 Å². The summed E-state index contributed by atoms with van der Waals surface area (Å²) >= 11 is 0. The summed E-state index contributed by atoms with van der Waals surface area (Å²) in [5.41, 5.74) is 0.894. The Morgan fingerprint density at radius 1 is 1.11 bits per heavy atom. The molecule has 0 aliphatic rings. The zero-order chi connectivity index (χ0) is 14.6. The fraction of sp³-hybridized carbons (Fsp3) is 0.357. The third kappa shape index (κ3) is 3.91. The number of hydrogen-bond acceptors (Lipinski definition) is 3. The topological polar surface area (TPSA) is 74.7 Å². The van der Waals surface area contributed by atoms with E-state index in [1.54, 1.807) is 26.0 Å². The van der Waals surface area contributed by atoms with Crippen LogP contribution in [0.4, 0.5) is 0 Å². The number of ketones is 1. The largest absolute Gasteiger partial charge is 0.480 e. The molecule has 0 spiro atoms. The molecule has 0 saturated heterocycles. The monoisotopic (exact) mass is 263 g/mol. The minimum atomic E-state index is -1.05. The van der Waals surface area contributed by atoms with Gasteiger partial charge in [0, 0.05) is 17.2 Å². The molecule has 0 fully saturated rings. The van der Waals surface area contributed by atoms with Crippen LogP contribution >= 0.6 is 0 Å². The van der Waals surface area contributed by atoms with Crippen LogP contribution in [-0.2, 0) is 4.79 Å². The summed E-state index contributed by atoms with van der Waals surface area (Å²) < 4.78 is 0. The van der Waals surface area contributed by atoms with Gasteiger partial charge in [0.15, 0.2) is 5.78 Å². The van der Waals surface area contributed by atoms with Crippen LogP contribution in [0.15, 0.2) is 24.3 Å². The van der Waals surface area contributed by atoms with Gasteiger partial charge in [-0.2, -0.15) is 0 Å². The Bertz CT molecular complexity index is 491. The van der Waals surface area contributed by atoms with Gasteiger partial charge in [-0.25, -0.2) is 0 Å². The number of carbonyl (C=O) groups excluding carboxylic acids is 2. The third-order valence-electron chi connectivity index (χ3n) is 2.73. The number of aliphatic carboxylic acids is 1. The molecule has 1 aromatic carbocycles. The molecule has 0 atom stereocenters. The summed E-state index contributed by atoms with van der Waals surface area (Å²) in [6.07, 6.45) is 0. The Kier molecular flexibility index (Phi) is 4.80. The van der Waals surface area contributed by atoms with Crippen LogP contribution in [0, 0.1) is 0 Å². The van der Waals surface area contributed by atoms with Gasteiger partial charge >= 0.3 is 5.97 Å². The lowest BCUT2D eigenvalue weighted by atomic mass is 10.1. The Morgan fingerprint density at radius 3 is 1.95 bits per heavy atom. The van der Waals surface area contributed by atoms with Crippen molar-refractivity contribution in [3.05, 3.63) is 35.4 Å². The van der Waals surface area contributed by atoms with E-state index in [4.69, 9.17) is 5.11 Å². The van der Waals surface area contributed by atoms with Gasteiger partial charge in [-0.15, -0.1) is 0 Å². The molecule has 5 nitrogen and oxygen atoms in total. The zero-order valence-electron chi connectivity index (χ0n) is 11.2. The molecule has 0 unspecified atom stereocenters. The van der Waals surface area contributed by atoms with E-state index >= 15 is 0 Å². The summed E-state index contributed by atoms with van der Waals surface area (Å²) in [4.78, 5) is 35.3. The molecule has 0 heterocycles. The molecule has 1 rings (SSSR count). The highest BCUT2D eigenvalue weighted by Gasteiger charge is 2.21. The molecule has 102 valence electrons.